The Balaban J connectivity index is 1.50. The lowest BCUT2D eigenvalue weighted by atomic mass is 9.76. The summed E-state index contributed by atoms with van der Waals surface area (Å²) in [4.78, 5) is 11.0. The van der Waals surface area contributed by atoms with Crippen LogP contribution >= 0.6 is 0 Å². The van der Waals surface area contributed by atoms with Crippen LogP contribution in [0.1, 0.15) is 82.4 Å². The Labute approximate surface area is 183 Å². The van der Waals surface area contributed by atoms with Crippen LogP contribution in [0.4, 0.5) is 10.1 Å². The molecule has 2 fully saturated rings. The van der Waals surface area contributed by atoms with Crippen LogP contribution in [-0.4, -0.2) is 38.8 Å². The van der Waals surface area contributed by atoms with E-state index < -0.39 is 0 Å². The zero-order valence-electron chi connectivity index (χ0n) is 18.8. The van der Waals surface area contributed by atoms with Crippen molar-refractivity contribution >= 4 is 22.4 Å². The van der Waals surface area contributed by atoms with Gasteiger partial charge in [0.05, 0.1) is 35.4 Å². The highest BCUT2D eigenvalue weighted by Gasteiger charge is 2.43. The SMILES string of the molecule is CCn1ncc2c(NC3CCCCC3)c(C3=NOC4(CCC(CF)CC4)C3)c(C)nc21. The number of aryl methyl sites for hydroxylation is 2. The van der Waals surface area contributed by atoms with Crippen LogP contribution in [0.15, 0.2) is 11.4 Å². The van der Waals surface area contributed by atoms with Crippen LogP contribution in [0.25, 0.3) is 11.0 Å². The molecule has 1 N–H and O–H groups in total. The Hall–Kier alpha value is -2.18. The molecule has 0 radical (unpaired) electrons. The molecule has 3 aliphatic rings. The summed E-state index contributed by atoms with van der Waals surface area (Å²) in [6.07, 6.45) is 12.5. The first-order valence-electron chi connectivity index (χ1n) is 12.1. The van der Waals surface area contributed by atoms with Gasteiger partial charge >= 0.3 is 0 Å². The van der Waals surface area contributed by atoms with Gasteiger partial charge in [0.1, 0.15) is 5.60 Å². The minimum Gasteiger partial charge on any atom is -0.389 e. The molecule has 0 unspecified atom stereocenters. The number of nitrogens with zero attached hydrogens (tertiary/aromatic N) is 4. The average molecular weight is 428 g/mol. The third kappa shape index (κ3) is 3.80. The summed E-state index contributed by atoms with van der Waals surface area (Å²) < 4.78 is 15.1. The van der Waals surface area contributed by atoms with Gasteiger partial charge < -0.3 is 10.2 Å². The number of anilines is 1. The predicted octanol–water partition coefficient (Wildman–Crippen LogP) is 5.53. The van der Waals surface area contributed by atoms with Crippen LogP contribution in [-0.2, 0) is 11.4 Å². The maximum Gasteiger partial charge on any atom is 0.160 e. The molecule has 5 rings (SSSR count). The Morgan fingerprint density at radius 2 is 1.97 bits per heavy atom. The fourth-order valence-electron chi connectivity index (χ4n) is 5.67. The number of halogens is 1. The van der Waals surface area contributed by atoms with Gasteiger partial charge in [0.25, 0.3) is 0 Å². The number of pyridine rings is 1. The van der Waals surface area contributed by atoms with Crippen LogP contribution in [0.2, 0.25) is 0 Å². The lowest BCUT2D eigenvalue weighted by Gasteiger charge is -2.34. The van der Waals surface area contributed by atoms with Crippen LogP contribution < -0.4 is 5.32 Å². The molecule has 0 bridgehead atoms. The predicted molar refractivity (Wildman–Crippen MR) is 121 cm³/mol. The summed E-state index contributed by atoms with van der Waals surface area (Å²) in [5.41, 5.74) is 4.81. The summed E-state index contributed by atoms with van der Waals surface area (Å²) in [6.45, 7) is 4.74. The van der Waals surface area contributed by atoms with Crippen molar-refractivity contribution in [3.63, 3.8) is 0 Å². The smallest absolute Gasteiger partial charge is 0.160 e. The van der Waals surface area contributed by atoms with Crippen LogP contribution in [0, 0.1) is 12.8 Å². The van der Waals surface area contributed by atoms with Crippen molar-refractivity contribution < 1.29 is 9.23 Å². The van der Waals surface area contributed by atoms with Gasteiger partial charge in [0, 0.05) is 24.6 Å². The molecule has 1 spiro atoms. The summed E-state index contributed by atoms with van der Waals surface area (Å²) >= 11 is 0. The van der Waals surface area contributed by atoms with Gasteiger partial charge in [0.15, 0.2) is 5.65 Å². The molecule has 2 aromatic heterocycles. The van der Waals surface area contributed by atoms with Crippen molar-refractivity contribution in [3.8, 4) is 0 Å². The van der Waals surface area contributed by atoms with Gasteiger partial charge in [-0.1, -0.05) is 24.4 Å². The monoisotopic (exact) mass is 427 g/mol. The number of rotatable bonds is 5. The van der Waals surface area contributed by atoms with Crippen molar-refractivity contribution in [3.05, 3.63) is 17.5 Å². The molecule has 1 aliphatic heterocycles. The maximum absolute atomic E-state index is 13.1. The number of fused-ring (bicyclic) bond motifs is 1. The highest BCUT2D eigenvalue weighted by molar-refractivity contribution is 6.11. The highest BCUT2D eigenvalue weighted by atomic mass is 19.1. The molecule has 31 heavy (non-hydrogen) atoms. The van der Waals surface area contributed by atoms with Crippen LogP contribution in [0.5, 0.6) is 0 Å². The van der Waals surface area contributed by atoms with E-state index in [2.05, 4.69) is 29.4 Å². The Bertz CT molecular complexity index is 970. The van der Waals surface area contributed by atoms with E-state index in [0.717, 1.165) is 72.3 Å². The molecule has 0 atom stereocenters. The number of nitrogens with one attached hydrogen (secondary N) is 1. The Kier molecular flexibility index (Phi) is 5.61. The summed E-state index contributed by atoms with van der Waals surface area (Å²) in [6, 6.07) is 0.472. The Morgan fingerprint density at radius 3 is 2.68 bits per heavy atom. The van der Waals surface area contributed by atoms with Crippen molar-refractivity contribution in [2.75, 3.05) is 12.0 Å². The first-order valence-corrected chi connectivity index (χ1v) is 12.1. The van der Waals surface area contributed by atoms with Crippen molar-refractivity contribution in [1.82, 2.24) is 14.8 Å². The van der Waals surface area contributed by atoms with Gasteiger partial charge in [-0.05, 0) is 58.3 Å². The van der Waals surface area contributed by atoms with Gasteiger partial charge in [-0.25, -0.2) is 9.67 Å². The molecular formula is C24H34FN5O. The molecule has 2 saturated carbocycles. The van der Waals surface area contributed by atoms with E-state index in [1.165, 1.54) is 32.1 Å². The normalized spacial score (nSPS) is 26.9. The van der Waals surface area contributed by atoms with Crippen molar-refractivity contribution in [1.29, 1.82) is 0 Å². The largest absolute Gasteiger partial charge is 0.389 e. The third-order valence-corrected chi connectivity index (χ3v) is 7.58. The fraction of sp³-hybridized carbons (Fsp3) is 0.708. The maximum atomic E-state index is 13.1. The minimum atomic E-state index is -0.266. The van der Waals surface area contributed by atoms with E-state index in [1.807, 2.05) is 10.9 Å². The number of hydrogen-bond donors (Lipinski definition) is 1. The molecular weight excluding hydrogens is 393 g/mol. The van der Waals surface area contributed by atoms with Gasteiger partial charge in [-0.15, -0.1) is 0 Å². The topological polar surface area (TPSA) is 64.3 Å². The molecule has 7 heteroatoms. The van der Waals surface area contributed by atoms with Gasteiger partial charge in [-0.3, -0.25) is 4.39 Å². The first-order chi connectivity index (χ1) is 15.1. The summed E-state index contributed by atoms with van der Waals surface area (Å²) in [5.74, 6) is 0.182. The number of aromatic nitrogens is 3. The molecule has 0 amide bonds. The lowest BCUT2D eigenvalue weighted by molar-refractivity contribution is -0.0557. The molecule has 2 aromatic rings. The van der Waals surface area contributed by atoms with Crippen LogP contribution in [0.3, 0.4) is 0 Å². The second-order valence-electron chi connectivity index (χ2n) is 9.71. The summed E-state index contributed by atoms with van der Waals surface area (Å²) in [5, 5.41) is 14.1. The first kappa shape index (κ1) is 20.7. The zero-order valence-corrected chi connectivity index (χ0v) is 18.8. The molecule has 3 heterocycles. The molecule has 6 nitrogen and oxygen atoms in total. The minimum absolute atomic E-state index is 0.182. The lowest BCUT2D eigenvalue weighted by Crippen LogP contribution is -2.35. The summed E-state index contributed by atoms with van der Waals surface area (Å²) in [7, 11) is 0. The van der Waals surface area contributed by atoms with E-state index in [-0.39, 0.29) is 18.2 Å². The fourth-order valence-corrected chi connectivity index (χ4v) is 5.67. The molecule has 0 aromatic carbocycles. The quantitative estimate of drug-likeness (QED) is 0.682. The molecule has 0 saturated heterocycles. The average Bonchev–Trinajstić information content (AvgIpc) is 3.39. The number of oxime groups is 1. The van der Waals surface area contributed by atoms with Crippen molar-refractivity contribution in [2.24, 2.45) is 11.1 Å². The second kappa shape index (κ2) is 8.40. The van der Waals surface area contributed by atoms with E-state index in [0.29, 0.717) is 6.04 Å². The molecule has 2 aliphatic carbocycles. The highest BCUT2D eigenvalue weighted by Crippen LogP contribution is 2.43. The zero-order chi connectivity index (χ0) is 21.4. The number of hydrogen-bond acceptors (Lipinski definition) is 5. The second-order valence-corrected chi connectivity index (χ2v) is 9.71. The van der Waals surface area contributed by atoms with E-state index in [9.17, 15) is 4.39 Å². The molecule has 168 valence electrons. The Morgan fingerprint density at radius 1 is 1.19 bits per heavy atom. The third-order valence-electron chi connectivity index (χ3n) is 7.58. The van der Waals surface area contributed by atoms with E-state index >= 15 is 0 Å². The van der Waals surface area contributed by atoms with E-state index in [1.54, 1.807) is 0 Å². The van der Waals surface area contributed by atoms with Gasteiger partial charge in [-0.2, -0.15) is 5.10 Å². The number of alkyl halides is 1. The van der Waals surface area contributed by atoms with E-state index in [4.69, 9.17) is 9.82 Å². The van der Waals surface area contributed by atoms with Gasteiger partial charge in [0.2, 0.25) is 0 Å². The standard InChI is InChI=1S/C24H34FN5O/c1-3-30-23-19(15-26-30)22(28-18-7-5-4-6-8-18)21(16(2)27-23)20-13-24(31-29-20)11-9-17(14-25)10-12-24/h15,17-18H,3-14H2,1-2H3,(H,27,28). The van der Waals surface area contributed by atoms with Crippen molar-refractivity contribution in [2.45, 2.75) is 96.2 Å².